The van der Waals surface area contributed by atoms with Gasteiger partial charge in [0.25, 0.3) is 0 Å². The van der Waals surface area contributed by atoms with Gasteiger partial charge in [0.2, 0.25) is 6.79 Å². The number of likely N-dealkylation sites (N-methyl/N-ethyl adjacent to an activating group) is 1. The number of benzene rings is 2. The monoisotopic (exact) mass is 379 g/mol. The second-order valence-electron chi connectivity index (χ2n) is 7.55. The quantitative estimate of drug-likeness (QED) is 0.747. The minimum absolute atomic E-state index is 0.280. The Balaban J connectivity index is 1.77. The number of hydrogen-bond acceptors (Lipinski definition) is 5. The molecule has 28 heavy (non-hydrogen) atoms. The van der Waals surface area contributed by atoms with Crippen molar-refractivity contribution >= 4 is 0 Å². The van der Waals surface area contributed by atoms with E-state index < -0.39 is 0 Å². The van der Waals surface area contributed by atoms with Crippen LogP contribution in [0.15, 0.2) is 30.4 Å². The molecule has 0 radical (unpaired) electrons. The van der Waals surface area contributed by atoms with E-state index in [0.717, 1.165) is 47.9 Å². The summed E-state index contributed by atoms with van der Waals surface area (Å²) in [5.74, 6) is 3.25. The Morgan fingerprint density at radius 2 is 2.00 bits per heavy atom. The molecule has 146 valence electrons. The van der Waals surface area contributed by atoms with Crippen LogP contribution in [-0.2, 0) is 12.8 Å². The number of methoxy groups -OCH3 is 1. The lowest BCUT2D eigenvalue weighted by molar-refractivity contribution is 0.174. The van der Waals surface area contributed by atoms with E-state index in [2.05, 4.69) is 30.1 Å². The van der Waals surface area contributed by atoms with E-state index in [1.807, 2.05) is 19.1 Å². The van der Waals surface area contributed by atoms with Crippen molar-refractivity contribution in [1.29, 1.82) is 0 Å². The van der Waals surface area contributed by atoms with Gasteiger partial charge in [0, 0.05) is 18.2 Å². The zero-order valence-electron chi connectivity index (χ0n) is 16.6. The first-order valence-electron chi connectivity index (χ1n) is 9.82. The Morgan fingerprint density at radius 1 is 1.18 bits per heavy atom. The number of fused-ring (bicyclic) bond motifs is 3. The van der Waals surface area contributed by atoms with Crippen molar-refractivity contribution in [2.75, 3.05) is 34.1 Å². The van der Waals surface area contributed by atoms with Gasteiger partial charge in [-0.25, -0.2) is 0 Å². The summed E-state index contributed by atoms with van der Waals surface area (Å²) in [6, 6.07) is 6.75. The van der Waals surface area contributed by atoms with Gasteiger partial charge in [0.15, 0.2) is 23.0 Å². The fourth-order valence-corrected chi connectivity index (χ4v) is 4.61. The van der Waals surface area contributed by atoms with E-state index >= 15 is 0 Å². The van der Waals surface area contributed by atoms with Gasteiger partial charge in [0.05, 0.1) is 7.11 Å². The fraction of sp³-hybridized carbons (Fsp3) is 0.391. The van der Waals surface area contributed by atoms with Crippen molar-refractivity contribution in [3.8, 4) is 34.1 Å². The van der Waals surface area contributed by atoms with Gasteiger partial charge in [-0.1, -0.05) is 12.2 Å². The number of nitrogens with zero attached hydrogens (tertiary/aromatic N) is 1. The summed E-state index contributed by atoms with van der Waals surface area (Å²) < 4.78 is 23.3. The van der Waals surface area contributed by atoms with Crippen LogP contribution < -0.4 is 18.9 Å². The molecule has 1 aliphatic carbocycles. The fourth-order valence-electron chi connectivity index (χ4n) is 4.61. The summed E-state index contributed by atoms with van der Waals surface area (Å²) in [4.78, 5) is 2.45. The zero-order valence-corrected chi connectivity index (χ0v) is 16.6. The highest BCUT2D eigenvalue weighted by atomic mass is 16.7. The first-order chi connectivity index (χ1) is 13.7. The van der Waals surface area contributed by atoms with Gasteiger partial charge in [-0.15, -0.1) is 0 Å². The van der Waals surface area contributed by atoms with Crippen LogP contribution >= 0.6 is 0 Å². The third kappa shape index (κ3) is 2.57. The van der Waals surface area contributed by atoms with Crippen molar-refractivity contribution in [2.45, 2.75) is 25.8 Å². The molecule has 5 nitrogen and oxygen atoms in total. The van der Waals surface area contributed by atoms with Crippen LogP contribution in [0, 0.1) is 0 Å². The van der Waals surface area contributed by atoms with E-state index in [9.17, 15) is 0 Å². The molecule has 0 bridgehead atoms. The molecule has 1 atom stereocenters. The largest absolute Gasteiger partial charge is 0.493 e. The maximum Gasteiger partial charge on any atom is 0.231 e. The molecule has 5 heteroatoms. The molecule has 0 N–H and O–H groups in total. The molecule has 0 aromatic heterocycles. The van der Waals surface area contributed by atoms with Crippen LogP contribution in [-0.4, -0.2) is 39.0 Å². The maximum absolute atomic E-state index is 6.25. The summed E-state index contributed by atoms with van der Waals surface area (Å²) in [7, 11) is 3.92. The van der Waals surface area contributed by atoms with Crippen molar-refractivity contribution in [3.05, 3.63) is 47.0 Å². The summed E-state index contributed by atoms with van der Waals surface area (Å²) in [5.41, 5.74) is 6.31. The lowest BCUT2D eigenvalue weighted by Crippen LogP contribution is -2.35. The smallest absolute Gasteiger partial charge is 0.231 e. The van der Waals surface area contributed by atoms with E-state index in [1.54, 1.807) is 7.11 Å². The molecule has 0 saturated carbocycles. The Morgan fingerprint density at radius 3 is 2.79 bits per heavy atom. The molecular formula is C23H25NO4. The highest BCUT2D eigenvalue weighted by molar-refractivity contribution is 5.85. The van der Waals surface area contributed by atoms with Crippen molar-refractivity contribution in [1.82, 2.24) is 4.90 Å². The number of rotatable bonds is 4. The predicted molar refractivity (Wildman–Crippen MR) is 108 cm³/mol. The van der Waals surface area contributed by atoms with E-state index in [0.29, 0.717) is 12.6 Å². The second kappa shape index (κ2) is 6.74. The molecule has 0 saturated heterocycles. The summed E-state index contributed by atoms with van der Waals surface area (Å²) in [5, 5.41) is 0. The number of ether oxygens (including phenoxy) is 4. The third-order valence-electron chi connectivity index (χ3n) is 6.03. The molecule has 0 amide bonds. The lowest BCUT2D eigenvalue weighted by atomic mass is 9.76. The molecule has 3 aliphatic rings. The average Bonchev–Trinajstić information content (AvgIpc) is 3.17. The third-order valence-corrected chi connectivity index (χ3v) is 6.03. The maximum atomic E-state index is 6.25. The minimum atomic E-state index is 0.280. The Hall–Kier alpha value is -2.66. The van der Waals surface area contributed by atoms with Gasteiger partial charge in [-0.3, -0.25) is 4.90 Å². The normalized spacial score (nSPS) is 19.5. The van der Waals surface area contributed by atoms with Crippen molar-refractivity contribution in [2.24, 2.45) is 0 Å². The van der Waals surface area contributed by atoms with Crippen molar-refractivity contribution < 1.29 is 18.9 Å². The first-order valence-corrected chi connectivity index (χ1v) is 9.82. The Kier molecular flexibility index (Phi) is 4.20. The zero-order chi connectivity index (χ0) is 19.3. The van der Waals surface area contributed by atoms with Crippen LogP contribution in [0.1, 0.15) is 29.7 Å². The highest BCUT2D eigenvalue weighted by Crippen LogP contribution is 2.54. The van der Waals surface area contributed by atoms with E-state index in [-0.39, 0.29) is 6.79 Å². The number of allylic oxidation sites excluding steroid dienone is 1. The molecular weight excluding hydrogens is 354 g/mol. The highest BCUT2D eigenvalue weighted by Gasteiger charge is 2.37. The van der Waals surface area contributed by atoms with Gasteiger partial charge >= 0.3 is 0 Å². The molecule has 5 rings (SSSR count). The lowest BCUT2D eigenvalue weighted by Gasteiger charge is -2.40. The van der Waals surface area contributed by atoms with E-state index in [4.69, 9.17) is 18.9 Å². The SMILES string of the molecule is C/C=C/COc1c(OC)cc2c3c1-c1cc4c(cc1CC3N(C)CC2)OCO4. The van der Waals surface area contributed by atoms with Crippen LogP contribution in [0.4, 0.5) is 0 Å². The van der Waals surface area contributed by atoms with Crippen LogP contribution in [0.5, 0.6) is 23.0 Å². The molecule has 2 aromatic carbocycles. The number of hydrogen-bond donors (Lipinski definition) is 0. The average molecular weight is 379 g/mol. The van der Waals surface area contributed by atoms with Crippen LogP contribution in [0.2, 0.25) is 0 Å². The molecule has 2 aliphatic heterocycles. The topological polar surface area (TPSA) is 40.2 Å². The van der Waals surface area contributed by atoms with Crippen LogP contribution in [0.25, 0.3) is 11.1 Å². The minimum Gasteiger partial charge on any atom is -0.493 e. The molecule has 0 fully saturated rings. The predicted octanol–water partition coefficient (Wildman–Crippen LogP) is 4.13. The van der Waals surface area contributed by atoms with Gasteiger partial charge in [-0.2, -0.15) is 0 Å². The summed E-state index contributed by atoms with van der Waals surface area (Å²) in [6.07, 6.45) is 5.99. The van der Waals surface area contributed by atoms with Gasteiger partial charge in [-0.05, 0) is 67.3 Å². The van der Waals surface area contributed by atoms with Crippen LogP contribution in [0.3, 0.4) is 0 Å². The summed E-state index contributed by atoms with van der Waals surface area (Å²) in [6.45, 7) is 3.83. The first kappa shape index (κ1) is 17.4. The standard InChI is InChI=1S/C23H25NO4/c1-4-5-8-26-23-20(25-3)10-14-6-7-24(2)17-9-15-11-18-19(28-13-27-18)12-16(15)22(23)21(14)17/h4-5,10-12,17H,6-9,13H2,1-3H3/b5-4+. The molecule has 2 heterocycles. The van der Waals surface area contributed by atoms with Crippen molar-refractivity contribution in [3.63, 3.8) is 0 Å². The molecule has 1 unspecified atom stereocenters. The van der Waals surface area contributed by atoms with Gasteiger partial charge in [0.1, 0.15) is 6.61 Å². The molecule has 2 aromatic rings. The second-order valence-corrected chi connectivity index (χ2v) is 7.55. The molecule has 0 spiro atoms. The van der Waals surface area contributed by atoms with E-state index in [1.165, 1.54) is 22.3 Å². The Labute approximate surface area is 165 Å². The summed E-state index contributed by atoms with van der Waals surface area (Å²) >= 11 is 0. The van der Waals surface area contributed by atoms with Gasteiger partial charge < -0.3 is 18.9 Å². The Bertz CT molecular complexity index is 966.